The first-order valence-electron chi connectivity index (χ1n) is 7.15. The maximum Gasteiger partial charge on any atom is 0.354 e. The molecule has 1 saturated carbocycles. The number of amides is 1. The Balaban J connectivity index is 1.82. The van der Waals surface area contributed by atoms with Crippen molar-refractivity contribution in [2.24, 2.45) is 5.92 Å². The molecule has 0 spiro atoms. The zero-order valence-electron chi connectivity index (χ0n) is 11.5. The summed E-state index contributed by atoms with van der Waals surface area (Å²) in [5, 5.41) is 11.7. The predicted octanol–water partition coefficient (Wildman–Crippen LogP) is 2.48. The van der Waals surface area contributed by atoms with Crippen LogP contribution in [0.5, 0.6) is 0 Å². The molecule has 2 rings (SSSR count). The number of aromatic carboxylic acids is 1. The fourth-order valence-electron chi connectivity index (χ4n) is 2.64. The van der Waals surface area contributed by atoms with Gasteiger partial charge in [-0.05, 0) is 24.5 Å². The molecule has 0 aliphatic heterocycles. The van der Waals surface area contributed by atoms with E-state index in [-0.39, 0.29) is 17.3 Å². The fourth-order valence-corrected chi connectivity index (χ4v) is 2.64. The number of aromatic nitrogens is 1. The number of nitrogens with zero attached hydrogens (tertiary/aromatic N) is 1. The van der Waals surface area contributed by atoms with Gasteiger partial charge in [0.05, 0.1) is 0 Å². The van der Waals surface area contributed by atoms with Gasteiger partial charge in [0.25, 0.3) is 5.91 Å². The van der Waals surface area contributed by atoms with E-state index in [9.17, 15) is 9.59 Å². The first kappa shape index (κ1) is 14.5. The molecule has 5 nitrogen and oxygen atoms in total. The third-order valence-corrected chi connectivity index (χ3v) is 3.76. The van der Waals surface area contributed by atoms with Crippen LogP contribution in [0.2, 0.25) is 0 Å². The molecule has 1 aromatic rings. The second-order valence-corrected chi connectivity index (χ2v) is 5.26. The molecule has 0 unspecified atom stereocenters. The van der Waals surface area contributed by atoms with E-state index in [1.807, 2.05) is 0 Å². The van der Waals surface area contributed by atoms with Gasteiger partial charge in [0.2, 0.25) is 0 Å². The van der Waals surface area contributed by atoms with E-state index >= 15 is 0 Å². The van der Waals surface area contributed by atoms with Crippen molar-refractivity contribution in [3.8, 4) is 0 Å². The van der Waals surface area contributed by atoms with Gasteiger partial charge < -0.3 is 10.4 Å². The summed E-state index contributed by atoms with van der Waals surface area (Å²) < 4.78 is 0. The summed E-state index contributed by atoms with van der Waals surface area (Å²) in [6.45, 7) is 0.627. The first-order chi connectivity index (χ1) is 9.66. The minimum Gasteiger partial charge on any atom is -0.477 e. The summed E-state index contributed by atoms with van der Waals surface area (Å²) in [6.07, 6.45) is 7.41. The van der Waals surface area contributed by atoms with Crippen molar-refractivity contribution in [3.05, 3.63) is 29.6 Å². The van der Waals surface area contributed by atoms with Crippen LogP contribution in [0.25, 0.3) is 0 Å². The van der Waals surface area contributed by atoms with Gasteiger partial charge in [-0.3, -0.25) is 4.79 Å². The molecule has 1 aliphatic carbocycles. The molecule has 0 aromatic carbocycles. The highest BCUT2D eigenvalue weighted by Gasteiger charge is 2.14. The van der Waals surface area contributed by atoms with Crippen molar-refractivity contribution in [2.75, 3.05) is 6.54 Å². The van der Waals surface area contributed by atoms with E-state index in [2.05, 4.69) is 10.3 Å². The van der Waals surface area contributed by atoms with Gasteiger partial charge in [0.15, 0.2) is 0 Å². The van der Waals surface area contributed by atoms with Gasteiger partial charge >= 0.3 is 5.97 Å². The second-order valence-electron chi connectivity index (χ2n) is 5.26. The van der Waals surface area contributed by atoms with Gasteiger partial charge in [-0.25, -0.2) is 9.78 Å². The lowest BCUT2D eigenvalue weighted by atomic mass is 9.87. The van der Waals surface area contributed by atoms with Gasteiger partial charge in [0, 0.05) is 6.54 Å². The van der Waals surface area contributed by atoms with Crippen LogP contribution in [-0.2, 0) is 0 Å². The van der Waals surface area contributed by atoms with Crippen LogP contribution in [0.4, 0.5) is 0 Å². The van der Waals surface area contributed by atoms with Crippen LogP contribution >= 0.6 is 0 Å². The topological polar surface area (TPSA) is 79.3 Å². The molecule has 1 aromatic heterocycles. The van der Waals surface area contributed by atoms with E-state index in [1.165, 1.54) is 50.3 Å². The molecular weight excluding hydrogens is 256 g/mol. The van der Waals surface area contributed by atoms with E-state index < -0.39 is 5.97 Å². The van der Waals surface area contributed by atoms with Gasteiger partial charge in [-0.1, -0.05) is 38.2 Å². The lowest BCUT2D eigenvalue weighted by Gasteiger charge is -2.21. The highest BCUT2D eigenvalue weighted by molar-refractivity contribution is 5.94. The summed E-state index contributed by atoms with van der Waals surface area (Å²) >= 11 is 0. The molecule has 5 heteroatoms. The van der Waals surface area contributed by atoms with Gasteiger partial charge in [0.1, 0.15) is 11.4 Å². The lowest BCUT2D eigenvalue weighted by molar-refractivity contribution is 0.0690. The largest absolute Gasteiger partial charge is 0.477 e. The van der Waals surface area contributed by atoms with Crippen molar-refractivity contribution < 1.29 is 14.7 Å². The Kier molecular flexibility index (Phi) is 5.09. The second kappa shape index (κ2) is 7.03. The lowest BCUT2D eigenvalue weighted by Crippen LogP contribution is -2.27. The SMILES string of the molecule is O=C(O)c1cccc(C(=O)NCCC2CCCCC2)n1. The normalized spacial score (nSPS) is 15.8. The van der Waals surface area contributed by atoms with Crippen LogP contribution in [-0.4, -0.2) is 28.5 Å². The molecule has 0 atom stereocenters. The Morgan fingerprint density at radius 1 is 1.20 bits per heavy atom. The van der Waals surface area contributed by atoms with E-state index in [1.54, 1.807) is 0 Å². The average Bonchev–Trinajstić information content (AvgIpc) is 2.48. The molecule has 0 bridgehead atoms. The third kappa shape index (κ3) is 4.05. The molecule has 1 aliphatic rings. The molecule has 1 amide bonds. The van der Waals surface area contributed by atoms with Crippen molar-refractivity contribution in [1.29, 1.82) is 0 Å². The van der Waals surface area contributed by atoms with E-state index in [4.69, 9.17) is 5.11 Å². The van der Waals surface area contributed by atoms with E-state index in [0.717, 1.165) is 6.42 Å². The Morgan fingerprint density at radius 2 is 1.90 bits per heavy atom. The molecule has 0 saturated heterocycles. The molecule has 2 N–H and O–H groups in total. The molecule has 1 fully saturated rings. The van der Waals surface area contributed by atoms with Gasteiger partial charge in [-0.2, -0.15) is 0 Å². The number of carbonyl (C=O) groups excluding carboxylic acids is 1. The van der Waals surface area contributed by atoms with E-state index in [0.29, 0.717) is 12.5 Å². The number of hydrogen-bond donors (Lipinski definition) is 2. The number of carboxylic acid groups (broad SMARTS) is 1. The Bertz CT molecular complexity index is 482. The maximum atomic E-state index is 11.9. The highest BCUT2D eigenvalue weighted by atomic mass is 16.4. The third-order valence-electron chi connectivity index (χ3n) is 3.76. The zero-order valence-corrected chi connectivity index (χ0v) is 11.5. The Hall–Kier alpha value is -1.91. The number of carbonyl (C=O) groups is 2. The Labute approximate surface area is 118 Å². The molecule has 108 valence electrons. The smallest absolute Gasteiger partial charge is 0.354 e. The minimum absolute atomic E-state index is 0.107. The summed E-state index contributed by atoms with van der Waals surface area (Å²) in [7, 11) is 0. The highest BCUT2D eigenvalue weighted by Crippen LogP contribution is 2.25. The number of nitrogens with one attached hydrogen (secondary N) is 1. The number of rotatable bonds is 5. The fraction of sp³-hybridized carbons (Fsp3) is 0.533. The minimum atomic E-state index is -1.12. The molecule has 0 radical (unpaired) electrons. The van der Waals surface area contributed by atoms with Crippen LogP contribution < -0.4 is 5.32 Å². The summed E-state index contributed by atoms with van der Waals surface area (Å²) in [5.74, 6) is -0.715. The van der Waals surface area contributed by atoms with Crippen molar-refractivity contribution in [1.82, 2.24) is 10.3 Å². The van der Waals surface area contributed by atoms with Gasteiger partial charge in [-0.15, -0.1) is 0 Å². The van der Waals surface area contributed by atoms with Crippen molar-refractivity contribution in [2.45, 2.75) is 38.5 Å². The number of pyridine rings is 1. The van der Waals surface area contributed by atoms with Crippen LogP contribution in [0, 0.1) is 5.92 Å². The number of hydrogen-bond acceptors (Lipinski definition) is 3. The van der Waals surface area contributed by atoms with Crippen LogP contribution in [0.15, 0.2) is 18.2 Å². The quantitative estimate of drug-likeness (QED) is 0.866. The van der Waals surface area contributed by atoms with Crippen molar-refractivity contribution >= 4 is 11.9 Å². The first-order valence-corrected chi connectivity index (χ1v) is 7.15. The predicted molar refractivity (Wildman–Crippen MR) is 74.7 cm³/mol. The summed E-state index contributed by atoms with van der Waals surface area (Å²) in [6, 6.07) is 4.44. The Morgan fingerprint density at radius 3 is 2.60 bits per heavy atom. The standard InChI is InChI=1S/C15H20N2O3/c18-14(12-7-4-8-13(17-12)15(19)20)16-10-9-11-5-2-1-3-6-11/h4,7-8,11H,1-3,5-6,9-10H2,(H,16,18)(H,19,20). The maximum absolute atomic E-state index is 11.9. The molecular formula is C15H20N2O3. The monoisotopic (exact) mass is 276 g/mol. The van der Waals surface area contributed by atoms with Crippen LogP contribution in [0.1, 0.15) is 59.5 Å². The summed E-state index contributed by atoms with van der Waals surface area (Å²) in [5.41, 5.74) is 0.0541. The number of carboxylic acids is 1. The summed E-state index contributed by atoms with van der Waals surface area (Å²) in [4.78, 5) is 26.5. The average molecular weight is 276 g/mol. The zero-order chi connectivity index (χ0) is 14.4. The molecule has 20 heavy (non-hydrogen) atoms. The molecule has 1 heterocycles. The van der Waals surface area contributed by atoms with Crippen molar-refractivity contribution in [3.63, 3.8) is 0 Å². The van der Waals surface area contributed by atoms with Crippen LogP contribution in [0.3, 0.4) is 0 Å².